The van der Waals surface area contributed by atoms with Crippen molar-refractivity contribution in [3.8, 4) is 0 Å². The van der Waals surface area contributed by atoms with Gasteiger partial charge in [-0.3, -0.25) is 19.1 Å². The van der Waals surface area contributed by atoms with Crippen LogP contribution >= 0.6 is 0 Å². The number of hydrogen-bond acceptors (Lipinski definition) is 10. The number of H-pyrrole nitrogens is 1. The quantitative estimate of drug-likeness (QED) is 0.255. The smallest absolute Gasteiger partial charge is 0.327 e. The molecule has 3 rings (SSSR count). The molecular formula is C18H19N7O7S. The normalized spacial score (nSPS) is 12.3. The Morgan fingerprint density at radius 3 is 2.52 bits per heavy atom. The Bertz CT molecular complexity index is 1370. The number of nitrogens with one attached hydrogen (secondary N) is 2. The average Bonchev–Trinajstić information content (AvgIpc) is 2.75. The standard InChI is InChI=1S/C18H19N7O7S/c1-25(12(17(28)29)8-33(30,31)32)16(27)9-2-4-10(5-3-9)20-6-11-7-21-14-13(22-11)15(26)24-18(19)23-14/h2-5,7,12,20H,6,8H2,1H3,(H,28,29)(H,30,31,32)(H3,19,21,23,24,26). The molecule has 33 heavy (non-hydrogen) atoms. The number of rotatable bonds is 8. The molecule has 1 unspecified atom stereocenters. The molecule has 1 atom stereocenters. The summed E-state index contributed by atoms with van der Waals surface area (Å²) in [6.45, 7) is 0.190. The Kier molecular flexibility index (Phi) is 6.55. The fourth-order valence-corrected chi connectivity index (χ4v) is 3.64. The van der Waals surface area contributed by atoms with Crippen molar-refractivity contribution in [2.45, 2.75) is 12.6 Å². The van der Waals surface area contributed by atoms with E-state index < -0.39 is 39.3 Å². The van der Waals surface area contributed by atoms with Crippen LogP contribution in [0.5, 0.6) is 0 Å². The van der Waals surface area contributed by atoms with Crippen molar-refractivity contribution in [3.63, 3.8) is 0 Å². The molecule has 15 heteroatoms. The first-order valence-corrected chi connectivity index (χ1v) is 10.9. The van der Waals surface area contributed by atoms with Gasteiger partial charge in [-0.2, -0.15) is 13.4 Å². The van der Waals surface area contributed by atoms with Crippen LogP contribution in [0.25, 0.3) is 11.2 Å². The molecule has 0 aliphatic heterocycles. The van der Waals surface area contributed by atoms with E-state index in [0.717, 1.165) is 11.9 Å². The highest BCUT2D eigenvalue weighted by Gasteiger charge is 2.31. The van der Waals surface area contributed by atoms with Gasteiger partial charge >= 0.3 is 5.97 Å². The zero-order valence-corrected chi connectivity index (χ0v) is 17.9. The minimum Gasteiger partial charge on any atom is -0.480 e. The van der Waals surface area contributed by atoms with E-state index in [2.05, 4.69) is 25.3 Å². The van der Waals surface area contributed by atoms with E-state index >= 15 is 0 Å². The molecule has 0 saturated carbocycles. The third-order valence-electron chi connectivity index (χ3n) is 4.53. The van der Waals surface area contributed by atoms with Gasteiger partial charge in [0.05, 0.1) is 18.4 Å². The molecule has 0 saturated heterocycles. The number of hydrogen-bond donors (Lipinski definition) is 5. The van der Waals surface area contributed by atoms with Gasteiger partial charge in [0.1, 0.15) is 11.8 Å². The Hall–Kier alpha value is -4.11. The van der Waals surface area contributed by atoms with E-state index in [1.54, 1.807) is 12.1 Å². The molecule has 0 aliphatic rings. The minimum atomic E-state index is -4.62. The first-order valence-electron chi connectivity index (χ1n) is 9.25. The molecule has 2 heterocycles. The summed E-state index contributed by atoms with van der Waals surface area (Å²) >= 11 is 0. The monoisotopic (exact) mass is 477 g/mol. The van der Waals surface area contributed by atoms with Crippen molar-refractivity contribution >= 4 is 44.8 Å². The number of carboxylic acids is 1. The van der Waals surface area contributed by atoms with E-state index in [0.29, 0.717) is 11.4 Å². The molecule has 0 aliphatic carbocycles. The van der Waals surface area contributed by atoms with Gasteiger partial charge in [-0.1, -0.05) is 0 Å². The third-order valence-corrected chi connectivity index (χ3v) is 5.27. The van der Waals surface area contributed by atoms with Gasteiger partial charge in [-0.25, -0.2) is 14.8 Å². The Labute approximate surface area is 186 Å². The number of carbonyl (C=O) groups is 2. The van der Waals surface area contributed by atoms with Gasteiger partial charge in [0.15, 0.2) is 11.2 Å². The molecule has 1 aromatic carbocycles. The predicted octanol–water partition coefficient (Wildman–Crippen LogP) is -0.680. The first-order chi connectivity index (χ1) is 15.4. The van der Waals surface area contributed by atoms with Crippen LogP contribution in [0.15, 0.2) is 35.3 Å². The Morgan fingerprint density at radius 2 is 1.91 bits per heavy atom. The van der Waals surface area contributed by atoms with E-state index in [1.807, 2.05) is 0 Å². The SMILES string of the molecule is CN(C(=O)c1ccc(NCc2cnc3nc(N)[nH]c(=O)c3n2)cc1)C(CS(=O)(=O)O)C(=O)O. The van der Waals surface area contributed by atoms with Gasteiger partial charge < -0.3 is 21.1 Å². The highest BCUT2D eigenvalue weighted by Crippen LogP contribution is 2.14. The molecule has 0 fully saturated rings. The fraction of sp³-hybridized carbons (Fsp3) is 0.222. The zero-order valence-electron chi connectivity index (χ0n) is 17.1. The molecule has 1 amide bonds. The molecule has 174 valence electrons. The summed E-state index contributed by atoms with van der Waals surface area (Å²) in [7, 11) is -3.49. The highest BCUT2D eigenvalue weighted by atomic mass is 32.2. The van der Waals surface area contributed by atoms with Crippen LogP contribution in [0, 0.1) is 0 Å². The van der Waals surface area contributed by atoms with E-state index in [-0.39, 0.29) is 29.2 Å². The van der Waals surface area contributed by atoms with Crippen LogP contribution in [-0.2, 0) is 21.5 Å². The number of nitrogens with two attached hydrogens (primary N) is 1. The number of aromatic amines is 1. The lowest BCUT2D eigenvalue weighted by atomic mass is 10.1. The summed E-state index contributed by atoms with van der Waals surface area (Å²) in [6, 6.07) is 4.16. The number of fused-ring (bicyclic) bond motifs is 1. The second-order valence-electron chi connectivity index (χ2n) is 6.93. The molecule has 2 aromatic heterocycles. The Morgan fingerprint density at radius 1 is 1.24 bits per heavy atom. The number of likely N-dealkylation sites (N-methyl/N-ethyl adjacent to an activating group) is 1. The van der Waals surface area contributed by atoms with Gasteiger partial charge in [-0.05, 0) is 24.3 Å². The summed E-state index contributed by atoms with van der Waals surface area (Å²) in [5, 5.41) is 12.2. The van der Waals surface area contributed by atoms with Crippen molar-refractivity contribution in [1.29, 1.82) is 0 Å². The molecular weight excluding hydrogens is 458 g/mol. The summed E-state index contributed by atoms with van der Waals surface area (Å²) in [5.41, 5.74) is 6.21. The van der Waals surface area contributed by atoms with Crippen LogP contribution in [0.2, 0.25) is 0 Å². The largest absolute Gasteiger partial charge is 0.480 e. The zero-order chi connectivity index (χ0) is 24.3. The van der Waals surface area contributed by atoms with Crippen molar-refractivity contribution in [2.75, 3.05) is 23.9 Å². The summed E-state index contributed by atoms with van der Waals surface area (Å²) in [6.07, 6.45) is 1.43. The lowest BCUT2D eigenvalue weighted by Gasteiger charge is -2.24. The predicted molar refractivity (Wildman–Crippen MR) is 116 cm³/mol. The second-order valence-corrected chi connectivity index (χ2v) is 8.43. The average molecular weight is 477 g/mol. The van der Waals surface area contributed by atoms with Crippen LogP contribution < -0.4 is 16.6 Å². The molecule has 0 radical (unpaired) electrons. The van der Waals surface area contributed by atoms with E-state index in [4.69, 9.17) is 10.3 Å². The number of amides is 1. The number of benzene rings is 1. The summed E-state index contributed by atoms with van der Waals surface area (Å²) < 4.78 is 31.1. The minimum absolute atomic E-state index is 0.0327. The Balaban J connectivity index is 1.70. The third kappa shape index (κ3) is 5.78. The molecule has 14 nitrogen and oxygen atoms in total. The van der Waals surface area contributed by atoms with Gasteiger partial charge in [0.2, 0.25) is 5.95 Å². The van der Waals surface area contributed by atoms with Crippen molar-refractivity contribution in [1.82, 2.24) is 24.8 Å². The van der Waals surface area contributed by atoms with Crippen LogP contribution in [-0.4, -0.2) is 73.6 Å². The molecule has 0 spiro atoms. The maximum atomic E-state index is 12.5. The summed E-state index contributed by atoms with van der Waals surface area (Å²) in [5.74, 6) is -3.53. The number of aromatic nitrogens is 4. The van der Waals surface area contributed by atoms with Crippen molar-refractivity contribution in [3.05, 3.63) is 52.1 Å². The molecule has 3 aromatic rings. The number of carbonyl (C=O) groups excluding carboxylic acids is 1. The second kappa shape index (κ2) is 9.17. The number of aliphatic carboxylic acids is 1. The lowest BCUT2D eigenvalue weighted by Crippen LogP contribution is -2.46. The fourth-order valence-electron chi connectivity index (χ4n) is 2.87. The molecule has 6 N–H and O–H groups in total. The van der Waals surface area contributed by atoms with Gasteiger partial charge in [-0.15, -0.1) is 0 Å². The van der Waals surface area contributed by atoms with Crippen molar-refractivity contribution < 1.29 is 27.7 Å². The number of anilines is 2. The first kappa shape index (κ1) is 23.6. The maximum Gasteiger partial charge on any atom is 0.327 e. The van der Waals surface area contributed by atoms with Crippen LogP contribution in [0.3, 0.4) is 0 Å². The van der Waals surface area contributed by atoms with E-state index in [1.165, 1.54) is 18.3 Å². The van der Waals surface area contributed by atoms with Crippen molar-refractivity contribution in [2.24, 2.45) is 0 Å². The van der Waals surface area contributed by atoms with Crippen LogP contribution in [0.4, 0.5) is 11.6 Å². The summed E-state index contributed by atoms with van der Waals surface area (Å²) in [4.78, 5) is 51.0. The van der Waals surface area contributed by atoms with E-state index in [9.17, 15) is 27.9 Å². The number of nitrogens with zero attached hydrogens (tertiary/aromatic N) is 4. The number of nitrogen functional groups attached to an aromatic ring is 1. The molecule has 0 bridgehead atoms. The lowest BCUT2D eigenvalue weighted by molar-refractivity contribution is -0.141. The van der Waals surface area contributed by atoms with Crippen LogP contribution in [0.1, 0.15) is 16.1 Å². The van der Waals surface area contributed by atoms with Gasteiger partial charge in [0.25, 0.3) is 21.6 Å². The maximum absolute atomic E-state index is 12.5. The number of carboxylic acid groups (broad SMARTS) is 1. The highest BCUT2D eigenvalue weighted by molar-refractivity contribution is 7.85. The topological polar surface area (TPSA) is 222 Å². The van der Waals surface area contributed by atoms with Gasteiger partial charge in [0, 0.05) is 18.3 Å².